The van der Waals surface area contributed by atoms with E-state index < -0.39 is 0 Å². The smallest absolute Gasteiger partial charge is 0.339 e. The summed E-state index contributed by atoms with van der Waals surface area (Å²) in [6.45, 7) is 0. The Hall–Kier alpha value is -1.78. The van der Waals surface area contributed by atoms with Crippen LogP contribution in [-0.4, -0.2) is 19.3 Å². The minimum Gasteiger partial charge on any atom is -0.465 e. The summed E-state index contributed by atoms with van der Waals surface area (Å²) in [6, 6.07) is 18.0. The van der Waals surface area contributed by atoms with Crippen molar-refractivity contribution in [3.63, 3.8) is 0 Å². The Labute approximate surface area is 148 Å². The molecular weight excluding hydrogens is 372 g/mol. The maximum atomic E-state index is 12.4. The first kappa shape index (κ1) is 16.1. The van der Waals surface area contributed by atoms with Gasteiger partial charge in [-0.2, -0.15) is 0 Å². The molecule has 23 heavy (non-hydrogen) atoms. The predicted molar refractivity (Wildman–Crippen MR) is 99.3 cm³/mol. The lowest BCUT2D eigenvalue weighted by molar-refractivity contribution is 0.0603. The zero-order valence-electron chi connectivity index (χ0n) is 12.8. The molecule has 2 nitrogen and oxygen atoms in total. The van der Waals surface area contributed by atoms with E-state index in [0.717, 1.165) is 26.7 Å². The van der Waals surface area contributed by atoms with Gasteiger partial charge in [-0.15, -0.1) is 11.8 Å². The van der Waals surface area contributed by atoms with Crippen molar-refractivity contribution in [2.75, 3.05) is 13.4 Å². The van der Waals surface area contributed by atoms with Gasteiger partial charge in [-0.05, 0) is 51.0 Å². The summed E-state index contributed by atoms with van der Waals surface area (Å²) < 4.78 is 5.95. The van der Waals surface area contributed by atoms with Crippen LogP contribution in [0.3, 0.4) is 0 Å². The molecule has 0 fully saturated rings. The maximum Gasteiger partial charge on any atom is 0.339 e. The van der Waals surface area contributed by atoms with Gasteiger partial charge in [-0.3, -0.25) is 0 Å². The third kappa shape index (κ3) is 2.89. The first-order valence-corrected chi connectivity index (χ1v) is 9.12. The largest absolute Gasteiger partial charge is 0.465 e. The molecule has 0 radical (unpaired) electrons. The Morgan fingerprint density at radius 2 is 1.65 bits per heavy atom. The molecule has 2 aliphatic carbocycles. The fraction of sp³-hybridized carbons (Fsp3) is 0.105. The molecule has 0 spiro atoms. The van der Waals surface area contributed by atoms with E-state index in [2.05, 4.69) is 28.1 Å². The number of rotatable bonds is 3. The highest BCUT2D eigenvalue weighted by molar-refractivity contribution is 9.10. The maximum absolute atomic E-state index is 12.4. The summed E-state index contributed by atoms with van der Waals surface area (Å²) in [6.07, 6.45) is 2.04. The normalized spacial score (nSPS) is 10.7. The van der Waals surface area contributed by atoms with E-state index in [4.69, 9.17) is 4.74 Å². The van der Waals surface area contributed by atoms with Gasteiger partial charge in [0.15, 0.2) is 0 Å². The van der Waals surface area contributed by atoms with Gasteiger partial charge in [0.2, 0.25) is 0 Å². The van der Waals surface area contributed by atoms with Gasteiger partial charge in [0.05, 0.1) is 12.7 Å². The number of hydrogen-bond donors (Lipinski definition) is 0. The van der Waals surface area contributed by atoms with Gasteiger partial charge in [-0.25, -0.2) is 4.79 Å². The zero-order valence-corrected chi connectivity index (χ0v) is 15.2. The summed E-state index contributed by atoms with van der Waals surface area (Å²) in [5, 5.41) is 0. The molecule has 0 aromatic heterocycles. The van der Waals surface area contributed by atoms with Crippen molar-refractivity contribution in [1.29, 1.82) is 0 Å². The van der Waals surface area contributed by atoms with E-state index in [1.165, 1.54) is 12.0 Å². The van der Waals surface area contributed by atoms with Gasteiger partial charge >= 0.3 is 5.97 Å². The molecule has 116 valence electrons. The number of esters is 1. The number of thioether (sulfide) groups is 1. The molecule has 0 N–H and O–H groups in total. The first-order valence-electron chi connectivity index (χ1n) is 7.10. The minimum absolute atomic E-state index is 0.323. The van der Waals surface area contributed by atoms with Crippen LogP contribution < -0.4 is 0 Å². The zero-order chi connectivity index (χ0) is 16.4. The third-order valence-electron chi connectivity index (χ3n) is 3.78. The Morgan fingerprint density at radius 3 is 2.26 bits per heavy atom. The van der Waals surface area contributed by atoms with Crippen LogP contribution in [0.4, 0.5) is 0 Å². The fourth-order valence-corrected chi connectivity index (χ4v) is 3.86. The van der Waals surface area contributed by atoms with Crippen molar-refractivity contribution < 1.29 is 9.53 Å². The van der Waals surface area contributed by atoms with Gasteiger partial charge in [0, 0.05) is 14.9 Å². The number of benzene rings is 1. The number of ether oxygens (including phenoxy) is 1. The second-order valence-corrected chi connectivity index (χ2v) is 6.69. The lowest BCUT2D eigenvalue weighted by atomic mass is 10.0. The molecule has 0 atom stereocenters. The standard InChI is InChI=1S/C19H15BrO2S/c1-22-19(21)17-14-6-4-3-5-7-15(14)18(20)16(17)12-8-10-13(23-2)11-9-12/h3-11H,1-2H3. The molecule has 0 aliphatic heterocycles. The Bertz CT molecular complexity index is 827. The van der Waals surface area contributed by atoms with Gasteiger partial charge < -0.3 is 4.74 Å². The lowest BCUT2D eigenvalue weighted by Crippen LogP contribution is -2.02. The van der Waals surface area contributed by atoms with Gasteiger partial charge in [0.25, 0.3) is 0 Å². The quantitative estimate of drug-likeness (QED) is 0.424. The fourth-order valence-electron chi connectivity index (χ4n) is 2.68. The van der Waals surface area contributed by atoms with E-state index in [1.54, 1.807) is 11.8 Å². The van der Waals surface area contributed by atoms with E-state index in [1.807, 2.05) is 48.7 Å². The average molecular weight is 387 g/mol. The second kappa shape index (κ2) is 6.77. The van der Waals surface area contributed by atoms with Crippen LogP contribution in [0.15, 0.2) is 64.0 Å². The minimum atomic E-state index is -0.323. The highest BCUT2D eigenvalue weighted by atomic mass is 79.9. The predicted octanol–water partition coefficient (Wildman–Crippen LogP) is 5.73. The Kier molecular flexibility index (Phi) is 4.74. The summed E-state index contributed by atoms with van der Waals surface area (Å²) in [5.41, 5.74) is 4.36. The summed E-state index contributed by atoms with van der Waals surface area (Å²) in [7, 11) is 1.42. The molecule has 3 rings (SSSR count). The molecule has 0 bridgehead atoms. The highest BCUT2D eigenvalue weighted by Gasteiger charge is 2.27. The van der Waals surface area contributed by atoms with Crippen LogP contribution in [0.2, 0.25) is 0 Å². The Balaban J connectivity index is 2.31. The molecular formula is C19H15BrO2S. The van der Waals surface area contributed by atoms with Gasteiger partial charge in [0.1, 0.15) is 0 Å². The topological polar surface area (TPSA) is 26.3 Å². The average Bonchev–Trinajstić information content (AvgIpc) is 2.74. The number of methoxy groups -OCH3 is 1. The summed E-state index contributed by atoms with van der Waals surface area (Å²) >= 11 is 5.37. The number of hydrogen-bond acceptors (Lipinski definition) is 3. The molecule has 0 saturated carbocycles. The van der Waals surface area contributed by atoms with Crippen LogP contribution >= 0.6 is 27.7 Å². The molecule has 0 amide bonds. The van der Waals surface area contributed by atoms with E-state index in [0.29, 0.717) is 5.56 Å². The number of fused-ring (bicyclic) bond motifs is 1. The Morgan fingerprint density at radius 1 is 1.00 bits per heavy atom. The highest BCUT2D eigenvalue weighted by Crippen LogP contribution is 2.46. The second-order valence-electron chi connectivity index (χ2n) is 5.02. The van der Waals surface area contributed by atoms with Crippen LogP contribution in [0, 0.1) is 0 Å². The van der Waals surface area contributed by atoms with Crippen molar-refractivity contribution >= 4 is 33.7 Å². The molecule has 2 aliphatic rings. The van der Waals surface area contributed by atoms with E-state index >= 15 is 0 Å². The van der Waals surface area contributed by atoms with Gasteiger partial charge in [-0.1, -0.05) is 42.5 Å². The molecule has 0 unspecified atom stereocenters. The van der Waals surface area contributed by atoms with Crippen molar-refractivity contribution in [3.8, 4) is 22.3 Å². The molecule has 0 saturated heterocycles. The van der Waals surface area contributed by atoms with Crippen molar-refractivity contribution in [3.05, 3.63) is 64.6 Å². The molecule has 4 heteroatoms. The molecule has 1 aromatic carbocycles. The van der Waals surface area contributed by atoms with Crippen molar-refractivity contribution in [2.45, 2.75) is 4.90 Å². The van der Waals surface area contributed by atoms with E-state index in [9.17, 15) is 4.79 Å². The molecule has 0 heterocycles. The number of carbonyl (C=O) groups is 1. The third-order valence-corrected chi connectivity index (χ3v) is 5.35. The van der Waals surface area contributed by atoms with Crippen molar-refractivity contribution in [1.82, 2.24) is 0 Å². The molecule has 1 aromatic rings. The SMILES string of the molecule is COC(=O)c1c2cccccc-2c(Br)c1-c1ccc(SC)cc1. The van der Waals surface area contributed by atoms with Crippen molar-refractivity contribution in [2.24, 2.45) is 0 Å². The monoisotopic (exact) mass is 386 g/mol. The van der Waals surface area contributed by atoms with Crippen LogP contribution in [0.1, 0.15) is 10.4 Å². The van der Waals surface area contributed by atoms with Crippen LogP contribution in [0.25, 0.3) is 22.3 Å². The van der Waals surface area contributed by atoms with Crippen LogP contribution in [0.5, 0.6) is 0 Å². The lowest BCUT2D eigenvalue weighted by Gasteiger charge is -2.06. The summed E-state index contributed by atoms with van der Waals surface area (Å²) in [4.78, 5) is 13.6. The summed E-state index contributed by atoms with van der Waals surface area (Å²) in [5.74, 6) is -0.323. The van der Waals surface area contributed by atoms with Crippen LogP contribution in [-0.2, 0) is 4.74 Å². The van der Waals surface area contributed by atoms with E-state index in [-0.39, 0.29) is 5.97 Å². The first-order chi connectivity index (χ1) is 11.2. The number of halogens is 1. The number of carbonyl (C=O) groups excluding carboxylic acids is 1.